The zero-order valence-electron chi connectivity index (χ0n) is 20.4. The summed E-state index contributed by atoms with van der Waals surface area (Å²) in [6.45, 7) is 2.49. The van der Waals surface area contributed by atoms with E-state index in [9.17, 15) is 14.0 Å². The van der Waals surface area contributed by atoms with Crippen molar-refractivity contribution in [2.75, 3.05) is 42.6 Å². The van der Waals surface area contributed by atoms with Crippen LogP contribution in [0, 0.1) is 0 Å². The van der Waals surface area contributed by atoms with Crippen molar-refractivity contribution in [3.8, 4) is 11.5 Å². The number of alkyl halides is 1. The Bertz CT molecular complexity index is 1190. The number of hydrogen-bond donors (Lipinski definition) is 2. The Balaban J connectivity index is 1.67. The average molecular weight is 553 g/mol. The Labute approximate surface area is 223 Å². The number of aromatic nitrogens is 2. The van der Waals surface area contributed by atoms with Gasteiger partial charge in [-0.3, -0.25) is 14.6 Å². The van der Waals surface area contributed by atoms with E-state index >= 15 is 0 Å². The quantitative estimate of drug-likeness (QED) is 0.445. The van der Waals surface area contributed by atoms with E-state index in [-0.39, 0.29) is 70.1 Å². The third-order valence-corrected chi connectivity index (χ3v) is 7.09. The molecule has 1 fully saturated rings. The van der Waals surface area contributed by atoms with E-state index in [0.29, 0.717) is 5.56 Å². The maximum Gasteiger partial charge on any atom is 0.330 e. The number of fused-ring (bicyclic) bond motifs is 1. The predicted molar refractivity (Wildman–Crippen MR) is 140 cm³/mol. The highest BCUT2D eigenvalue weighted by Crippen LogP contribution is 2.48. The number of urea groups is 1. The molecule has 1 aliphatic carbocycles. The summed E-state index contributed by atoms with van der Waals surface area (Å²) in [5.74, 6) is 0.824. The van der Waals surface area contributed by atoms with Gasteiger partial charge in [-0.1, -0.05) is 29.8 Å². The van der Waals surface area contributed by atoms with Crippen LogP contribution in [-0.2, 0) is 11.3 Å². The number of hydrogen-bond acceptors (Lipinski definition) is 7. The molecule has 13 heteroatoms. The van der Waals surface area contributed by atoms with E-state index in [1.165, 1.54) is 36.2 Å². The van der Waals surface area contributed by atoms with Gasteiger partial charge in [0.05, 0.1) is 33.0 Å². The van der Waals surface area contributed by atoms with Gasteiger partial charge >= 0.3 is 6.03 Å². The second kappa shape index (κ2) is 11.4. The Morgan fingerprint density at radius 3 is 2.54 bits per heavy atom. The molecule has 0 spiro atoms. The van der Waals surface area contributed by atoms with Crippen LogP contribution in [0.1, 0.15) is 24.8 Å². The normalized spacial score (nSPS) is 18.9. The molecule has 1 aliphatic heterocycles. The topological polar surface area (TPSA) is 109 Å². The van der Waals surface area contributed by atoms with Crippen molar-refractivity contribution in [2.45, 2.75) is 37.9 Å². The van der Waals surface area contributed by atoms with Crippen molar-refractivity contribution in [1.82, 2.24) is 15.3 Å². The largest absolute Gasteiger partial charge is 0.495 e. The first-order valence-corrected chi connectivity index (χ1v) is 12.4. The number of anilines is 3. The van der Waals surface area contributed by atoms with E-state index in [1.54, 1.807) is 6.20 Å². The van der Waals surface area contributed by atoms with Gasteiger partial charge in [0.15, 0.2) is 0 Å². The van der Waals surface area contributed by atoms with Crippen LogP contribution in [0.3, 0.4) is 0 Å². The van der Waals surface area contributed by atoms with Crippen LogP contribution in [0.15, 0.2) is 24.9 Å². The smallest absolute Gasteiger partial charge is 0.330 e. The Hall–Kier alpha value is -3.31. The number of nitrogens with one attached hydrogen (secondary N) is 2. The van der Waals surface area contributed by atoms with Gasteiger partial charge in [0, 0.05) is 29.9 Å². The molecule has 1 saturated carbocycles. The van der Waals surface area contributed by atoms with E-state index < -0.39 is 12.7 Å². The molecule has 0 radical (unpaired) electrons. The third kappa shape index (κ3) is 5.24. The SMILES string of the molecule is C=CC(=O)NC1CCCC1Nc1ncc2c(n1)N(CCF)C(=O)N(c1c(Cl)c(OC)cc(OC)c1Cl)C2. The first kappa shape index (κ1) is 26.7. The molecular formula is C24H27Cl2FN6O4. The van der Waals surface area contributed by atoms with Gasteiger partial charge in [-0.25, -0.2) is 14.2 Å². The molecule has 2 atom stereocenters. The third-order valence-electron chi connectivity index (χ3n) is 6.36. The highest BCUT2D eigenvalue weighted by molar-refractivity contribution is 6.42. The average Bonchev–Trinajstić information content (AvgIpc) is 3.32. The summed E-state index contributed by atoms with van der Waals surface area (Å²) in [6, 6.07) is 0.738. The van der Waals surface area contributed by atoms with Crippen molar-refractivity contribution in [2.24, 2.45) is 0 Å². The number of nitrogens with zero attached hydrogens (tertiary/aromatic N) is 4. The molecular weight excluding hydrogens is 526 g/mol. The number of ether oxygens (including phenoxy) is 2. The minimum atomic E-state index is -0.799. The summed E-state index contributed by atoms with van der Waals surface area (Å²) < 4.78 is 24.2. The number of amides is 3. The minimum absolute atomic E-state index is 0.0362. The Morgan fingerprint density at radius 1 is 1.24 bits per heavy atom. The number of halogens is 3. The lowest BCUT2D eigenvalue weighted by Gasteiger charge is -2.36. The van der Waals surface area contributed by atoms with Gasteiger partial charge in [0.2, 0.25) is 11.9 Å². The lowest BCUT2D eigenvalue weighted by Crippen LogP contribution is -2.49. The van der Waals surface area contributed by atoms with Crippen LogP contribution in [0.5, 0.6) is 11.5 Å². The van der Waals surface area contributed by atoms with Crippen LogP contribution < -0.4 is 29.9 Å². The van der Waals surface area contributed by atoms with Crippen LogP contribution in [0.25, 0.3) is 0 Å². The van der Waals surface area contributed by atoms with Crippen molar-refractivity contribution >= 4 is 52.6 Å². The number of methoxy groups -OCH3 is 2. The van der Waals surface area contributed by atoms with Crippen LogP contribution in [-0.4, -0.2) is 61.4 Å². The van der Waals surface area contributed by atoms with Gasteiger partial charge in [-0.05, 0) is 25.3 Å². The molecule has 37 heavy (non-hydrogen) atoms. The van der Waals surface area contributed by atoms with Crippen LogP contribution >= 0.6 is 23.2 Å². The molecule has 2 aromatic rings. The van der Waals surface area contributed by atoms with Gasteiger partial charge in [-0.2, -0.15) is 4.98 Å². The summed E-state index contributed by atoms with van der Waals surface area (Å²) >= 11 is 13.1. The van der Waals surface area contributed by atoms with E-state index in [0.717, 1.165) is 19.3 Å². The standard InChI is InChI=1S/C24H27Cl2FN6O4/c1-4-18(34)29-14-6-5-7-15(14)30-23-28-11-13-12-33(24(35)32(9-8-27)22(13)31-23)21-19(25)16(36-2)10-17(37-3)20(21)26/h4,10-11,14-15H,1,5-9,12H2,2-3H3,(H,29,34)(H,28,30,31). The molecule has 2 unspecified atom stereocenters. The highest BCUT2D eigenvalue weighted by Gasteiger charge is 2.37. The van der Waals surface area contributed by atoms with Crippen molar-refractivity contribution < 1.29 is 23.5 Å². The predicted octanol–water partition coefficient (Wildman–Crippen LogP) is 4.35. The molecule has 1 aromatic carbocycles. The van der Waals surface area contributed by atoms with Crippen molar-refractivity contribution in [1.29, 1.82) is 0 Å². The summed E-state index contributed by atoms with van der Waals surface area (Å²) in [4.78, 5) is 36.9. The first-order chi connectivity index (χ1) is 17.8. The Kier molecular flexibility index (Phi) is 8.23. The summed E-state index contributed by atoms with van der Waals surface area (Å²) in [7, 11) is 2.86. The molecule has 2 N–H and O–H groups in total. The van der Waals surface area contributed by atoms with E-state index in [4.69, 9.17) is 32.7 Å². The lowest BCUT2D eigenvalue weighted by molar-refractivity contribution is -0.117. The highest BCUT2D eigenvalue weighted by atomic mass is 35.5. The molecule has 198 valence electrons. The van der Waals surface area contributed by atoms with Crippen molar-refractivity contribution in [3.05, 3.63) is 40.5 Å². The number of benzene rings is 1. The number of carbonyl (C=O) groups is 2. The zero-order chi connectivity index (χ0) is 26.7. The fourth-order valence-electron chi connectivity index (χ4n) is 4.57. The van der Waals surface area contributed by atoms with Gasteiger partial charge in [-0.15, -0.1) is 0 Å². The van der Waals surface area contributed by atoms with E-state index in [1.807, 2.05) is 0 Å². The molecule has 0 saturated heterocycles. The summed E-state index contributed by atoms with van der Waals surface area (Å²) in [6.07, 6.45) is 5.32. The first-order valence-electron chi connectivity index (χ1n) is 11.6. The second-order valence-electron chi connectivity index (χ2n) is 8.51. The van der Waals surface area contributed by atoms with Crippen LogP contribution in [0.4, 0.5) is 26.6 Å². The minimum Gasteiger partial charge on any atom is -0.495 e. The van der Waals surface area contributed by atoms with Gasteiger partial charge in [0.1, 0.15) is 34.0 Å². The summed E-state index contributed by atoms with van der Waals surface area (Å²) in [5.41, 5.74) is 0.739. The monoisotopic (exact) mass is 552 g/mol. The number of carbonyl (C=O) groups excluding carboxylic acids is 2. The van der Waals surface area contributed by atoms with Gasteiger partial charge < -0.3 is 20.1 Å². The maximum absolute atomic E-state index is 13.6. The van der Waals surface area contributed by atoms with Gasteiger partial charge in [0.25, 0.3) is 0 Å². The molecule has 0 bridgehead atoms. The van der Waals surface area contributed by atoms with Crippen LogP contribution in [0.2, 0.25) is 10.0 Å². The fourth-order valence-corrected chi connectivity index (χ4v) is 5.28. The molecule has 2 aliphatic rings. The Morgan fingerprint density at radius 2 is 1.92 bits per heavy atom. The zero-order valence-corrected chi connectivity index (χ0v) is 21.9. The lowest BCUT2D eigenvalue weighted by atomic mass is 10.1. The molecule has 2 heterocycles. The molecule has 1 aromatic heterocycles. The molecule has 4 rings (SSSR count). The second-order valence-corrected chi connectivity index (χ2v) is 9.27. The molecule has 3 amide bonds. The fraction of sp³-hybridized carbons (Fsp3) is 0.417. The maximum atomic E-state index is 13.6. The van der Waals surface area contributed by atoms with E-state index in [2.05, 4.69) is 27.2 Å². The molecule has 10 nitrogen and oxygen atoms in total. The summed E-state index contributed by atoms with van der Waals surface area (Å²) in [5, 5.41) is 6.38. The van der Waals surface area contributed by atoms with Crippen molar-refractivity contribution in [3.63, 3.8) is 0 Å². The number of rotatable bonds is 9.